The lowest BCUT2D eigenvalue weighted by molar-refractivity contribution is 0.229. The number of rotatable bonds is 6. The summed E-state index contributed by atoms with van der Waals surface area (Å²) in [6.45, 7) is 11.1. The molecule has 114 valence electrons. The van der Waals surface area contributed by atoms with Crippen molar-refractivity contribution in [1.29, 1.82) is 0 Å². The molecule has 0 bridgehead atoms. The molecule has 1 aromatic heterocycles. The zero-order valence-corrected chi connectivity index (χ0v) is 13.5. The average Bonchev–Trinajstić information content (AvgIpc) is 2.85. The standard InChI is InChI=1S/C16H30N4/c1-5-8-20-16(11-18-19-20)15-9-13(4)6-7-14(15)10-17-12(2)3/h11-15,17H,5-10H2,1-4H3. The highest BCUT2D eigenvalue weighted by atomic mass is 15.4. The Morgan fingerprint density at radius 3 is 2.90 bits per heavy atom. The van der Waals surface area contributed by atoms with E-state index in [2.05, 4.69) is 48.0 Å². The van der Waals surface area contributed by atoms with Crippen LogP contribution in [0.15, 0.2) is 6.20 Å². The minimum absolute atomic E-state index is 0.564. The maximum atomic E-state index is 4.28. The SMILES string of the molecule is CCCn1nncc1C1CC(C)CCC1CNC(C)C. The molecule has 0 amide bonds. The van der Waals surface area contributed by atoms with Crippen molar-refractivity contribution in [2.24, 2.45) is 11.8 Å². The van der Waals surface area contributed by atoms with Gasteiger partial charge in [0.15, 0.2) is 0 Å². The summed E-state index contributed by atoms with van der Waals surface area (Å²) in [5.41, 5.74) is 1.36. The Kier molecular flexibility index (Phi) is 5.58. The lowest BCUT2D eigenvalue weighted by Crippen LogP contribution is -2.35. The molecule has 3 atom stereocenters. The first-order valence-corrected chi connectivity index (χ1v) is 8.23. The second-order valence-electron chi connectivity index (χ2n) is 6.73. The Labute approximate surface area is 123 Å². The number of nitrogens with zero attached hydrogens (tertiary/aromatic N) is 3. The van der Waals surface area contributed by atoms with Gasteiger partial charge in [-0.15, -0.1) is 5.10 Å². The molecule has 20 heavy (non-hydrogen) atoms. The van der Waals surface area contributed by atoms with Crippen LogP contribution in [0.5, 0.6) is 0 Å². The second-order valence-corrected chi connectivity index (χ2v) is 6.73. The molecule has 1 fully saturated rings. The summed E-state index contributed by atoms with van der Waals surface area (Å²) in [4.78, 5) is 0. The van der Waals surface area contributed by atoms with Gasteiger partial charge in [0.25, 0.3) is 0 Å². The van der Waals surface area contributed by atoms with Gasteiger partial charge in [-0.05, 0) is 37.6 Å². The quantitative estimate of drug-likeness (QED) is 0.869. The third-order valence-corrected chi connectivity index (χ3v) is 4.51. The van der Waals surface area contributed by atoms with E-state index in [1.54, 1.807) is 0 Å². The van der Waals surface area contributed by atoms with Crippen LogP contribution in [0, 0.1) is 11.8 Å². The van der Waals surface area contributed by atoms with E-state index in [1.165, 1.54) is 25.0 Å². The summed E-state index contributed by atoms with van der Waals surface area (Å²) in [7, 11) is 0. The monoisotopic (exact) mass is 278 g/mol. The van der Waals surface area contributed by atoms with E-state index in [4.69, 9.17) is 0 Å². The Morgan fingerprint density at radius 2 is 2.20 bits per heavy atom. The fraction of sp³-hybridized carbons (Fsp3) is 0.875. The minimum Gasteiger partial charge on any atom is -0.314 e. The van der Waals surface area contributed by atoms with Crippen molar-refractivity contribution in [3.8, 4) is 0 Å². The summed E-state index contributed by atoms with van der Waals surface area (Å²) >= 11 is 0. The fourth-order valence-electron chi connectivity index (χ4n) is 3.38. The lowest BCUT2D eigenvalue weighted by Gasteiger charge is -2.35. The van der Waals surface area contributed by atoms with Crippen LogP contribution in [-0.4, -0.2) is 27.6 Å². The van der Waals surface area contributed by atoms with Crippen molar-refractivity contribution in [3.63, 3.8) is 0 Å². The lowest BCUT2D eigenvalue weighted by atomic mass is 9.73. The first kappa shape index (κ1) is 15.5. The van der Waals surface area contributed by atoms with Gasteiger partial charge in [0, 0.05) is 18.5 Å². The van der Waals surface area contributed by atoms with E-state index in [-0.39, 0.29) is 0 Å². The Bertz CT molecular complexity index is 399. The van der Waals surface area contributed by atoms with Crippen LogP contribution >= 0.6 is 0 Å². The van der Waals surface area contributed by atoms with Gasteiger partial charge in [-0.2, -0.15) is 0 Å². The normalized spacial score (nSPS) is 27.1. The first-order valence-electron chi connectivity index (χ1n) is 8.23. The minimum atomic E-state index is 0.564. The molecule has 1 heterocycles. The molecular formula is C16H30N4. The molecule has 0 aliphatic heterocycles. The van der Waals surface area contributed by atoms with Gasteiger partial charge in [0.2, 0.25) is 0 Å². The van der Waals surface area contributed by atoms with Crippen LogP contribution in [0.1, 0.15) is 65.0 Å². The maximum absolute atomic E-state index is 4.28. The summed E-state index contributed by atoms with van der Waals surface area (Å²) in [6, 6.07) is 0.564. The maximum Gasteiger partial charge on any atom is 0.0728 e. The van der Waals surface area contributed by atoms with E-state index in [0.29, 0.717) is 12.0 Å². The van der Waals surface area contributed by atoms with Crippen LogP contribution in [0.2, 0.25) is 0 Å². The van der Waals surface area contributed by atoms with E-state index >= 15 is 0 Å². The van der Waals surface area contributed by atoms with Gasteiger partial charge in [-0.1, -0.05) is 39.3 Å². The summed E-state index contributed by atoms with van der Waals surface area (Å²) < 4.78 is 2.13. The highest BCUT2D eigenvalue weighted by Gasteiger charge is 2.32. The molecule has 1 saturated carbocycles. The molecule has 1 N–H and O–H groups in total. The smallest absolute Gasteiger partial charge is 0.0728 e. The van der Waals surface area contributed by atoms with Crippen LogP contribution in [-0.2, 0) is 6.54 Å². The molecule has 1 aliphatic rings. The number of aromatic nitrogens is 3. The van der Waals surface area contributed by atoms with Crippen LogP contribution in [0.25, 0.3) is 0 Å². The molecule has 0 radical (unpaired) electrons. The Balaban J connectivity index is 2.12. The number of nitrogens with one attached hydrogen (secondary N) is 1. The van der Waals surface area contributed by atoms with Gasteiger partial charge < -0.3 is 5.32 Å². The highest BCUT2D eigenvalue weighted by Crippen LogP contribution is 2.40. The molecule has 4 nitrogen and oxygen atoms in total. The van der Waals surface area contributed by atoms with Crippen molar-refractivity contribution in [2.45, 2.75) is 71.9 Å². The molecule has 2 rings (SSSR count). The molecule has 0 saturated heterocycles. The largest absolute Gasteiger partial charge is 0.314 e. The molecule has 1 aliphatic carbocycles. The van der Waals surface area contributed by atoms with Crippen LogP contribution in [0.4, 0.5) is 0 Å². The molecule has 1 aromatic rings. The van der Waals surface area contributed by atoms with Crippen LogP contribution in [0.3, 0.4) is 0 Å². The topological polar surface area (TPSA) is 42.7 Å². The summed E-state index contributed by atoms with van der Waals surface area (Å²) in [5.74, 6) is 2.16. The van der Waals surface area contributed by atoms with E-state index in [1.807, 2.05) is 6.20 Å². The predicted molar refractivity (Wildman–Crippen MR) is 82.7 cm³/mol. The highest BCUT2D eigenvalue weighted by molar-refractivity contribution is 5.08. The molecule has 3 unspecified atom stereocenters. The number of hydrogen-bond acceptors (Lipinski definition) is 3. The van der Waals surface area contributed by atoms with Gasteiger partial charge in [0.1, 0.15) is 0 Å². The van der Waals surface area contributed by atoms with Crippen molar-refractivity contribution < 1.29 is 0 Å². The number of hydrogen-bond donors (Lipinski definition) is 1. The van der Waals surface area contributed by atoms with E-state index in [9.17, 15) is 0 Å². The van der Waals surface area contributed by atoms with Gasteiger partial charge in [-0.25, -0.2) is 4.68 Å². The van der Waals surface area contributed by atoms with Gasteiger partial charge in [-0.3, -0.25) is 0 Å². The number of aryl methyl sites for hydroxylation is 1. The van der Waals surface area contributed by atoms with Crippen molar-refractivity contribution >= 4 is 0 Å². The second kappa shape index (κ2) is 7.21. The van der Waals surface area contributed by atoms with E-state index in [0.717, 1.165) is 31.3 Å². The Morgan fingerprint density at radius 1 is 1.40 bits per heavy atom. The molecular weight excluding hydrogens is 248 g/mol. The van der Waals surface area contributed by atoms with Gasteiger partial charge in [0.05, 0.1) is 11.9 Å². The predicted octanol–water partition coefficient (Wildman–Crippen LogP) is 3.21. The molecule has 4 heteroatoms. The van der Waals surface area contributed by atoms with E-state index < -0.39 is 0 Å². The third kappa shape index (κ3) is 3.81. The molecule has 0 aromatic carbocycles. The van der Waals surface area contributed by atoms with Crippen molar-refractivity contribution in [2.75, 3.05) is 6.54 Å². The Hall–Kier alpha value is -0.900. The van der Waals surface area contributed by atoms with Gasteiger partial charge >= 0.3 is 0 Å². The third-order valence-electron chi connectivity index (χ3n) is 4.51. The van der Waals surface area contributed by atoms with Crippen molar-refractivity contribution in [3.05, 3.63) is 11.9 Å². The average molecular weight is 278 g/mol. The van der Waals surface area contributed by atoms with Crippen LogP contribution < -0.4 is 5.32 Å². The zero-order chi connectivity index (χ0) is 14.5. The summed E-state index contributed by atoms with van der Waals surface area (Å²) in [6.07, 6.45) is 7.08. The first-order chi connectivity index (χ1) is 9.61. The fourth-order valence-corrected chi connectivity index (χ4v) is 3.38. The zero-order valence-electron chi connectivity index (χ0n) is 13.5. The molecule has 0 spiro atoms. The van der Waals surface area contributed by atoms with Crippen molar-refractivity contribution in [1.82, 2.24) is 20.3 Å². The summed E-state index contributed by atoms with van der Waals surface area (Å²) in [5, 5.41) is 12.1.